The predicted molar refractivity (Wildman–Crippen MR) is 73.9 cm³/mol. The van der Waals surface area contributed by atoms with E-state index in [-0.39, 0.29) is 5.91 Å². The fourth-order valence-corrected chi connectivity index (χ4v) is 1.88. The van der Waals surface area contributed by atoms with Gasteiger partial charge in [0.2, 0.25) is 5.91 Å². The van der Waals surface area contributed by atoms with Gasteiger partial charge in [-0.25, -0.2) is 5.84 Å². The van der Waals surface area contributed by atoms with Crippen LogP contribution in [0.15, 0.2) is 24.3 Å². The van der Waals surface area contributed by atoms with Gasteiger partial charge in [-0.2, -0.15) is 0 Å². The van der Waals surface area contributed by atoms with Crippen molar-refractivity contribution in [2.45, 2.75) is 32.4 Å². The van der Waals surface area contributed by atoms with E-state index in [4.69, 9.17) is 17.4 Å². The minimum Gasteiger partial charge on any atom is -0.299 e. The van der Waals surface area contributed by atoms with Gasteiger partial charge in [0.1, 0.15) is 0 Å². The molecule has 0 aromatic heterocycles. The van der Waals surface area contributed by atoms with Gasteiger partial charge < -0.3 is 0 Å². The molecule has 1 unspecified atom stereocenters. The molecule has 0 heterocycles. The Morgan fingerprint density at radius 2 is 2.17 bits per heavy atom. The summed E-state index contributed by atoms with van der Waals surface area (Å²) in [6.45, 7) is 2.85. The Bertz CT molecular complexity index is 398. The van der Waals surface area contributed by atoms with Crippen molar-refractivity contribution in [3.05, 3.63) is 34.9 Å². The van der Waals surface area contributed by atoms with Crippen molar-refractivity contribution in [1.29, 1.82) is 0 Å². The summed E-state index contributed by atoms with van der Waals surface area (Å²) in [5.41, 5.74) is 3.23. The van der Waals surface area contributed by atoms with Crippen LogP contribution in [0.4, 0.5) is 0 Å². The van der Waals surface area contributed by atoms with Crippen LogP contribution in [0, 0.1) is 0 Å². The number of hydrazine groups is 1. The van der Waals surface area contributed by atoms with Crippen molar-refractivity contribution in [3.63, 3.8) is 0 Å². The van der Waals surface area contributed by atoms with Crippen molar-refractivity contribution in [3.8, 4) is 0 Å². The first-order valence-corrected chi connectivity index (χ1v) is 6.35. The normalized spacial score (nSPS) is 12.5. The Labute approximate surface area is 113 Å². The molecule has 0 saturated heterocycles. The predicted octanol–water partition coefficient (Wildman–Crippen LogP) is 1.93. The number of halogens is 1. The number of hydrogen-bond acceptors (Lipinski definition) is 3. The molecule has 0 fully saturated rings. The van der Waals surface area contributed by atoms with E-state index in [0.717, 1.165) is 23.6 Å². The average Bonchev–Trinajstić information content (AvgIpc) is 2.38. The molecule has 0 radical (unpaired) electrons. The van der Waals surface area contributed by atoms with E-state index in [9.17, 15) is 4.79 Å². The summed E-state index contributed by atoms with van der Waals surface area (Å²) in [5.74, 6) is 4.92. The molecule has 1 aromatic carbocycles. The molecule has 3 N–H and O–H groups in total. The fourth-order valence-electron chi connectivity index (χ4n) is 1.68. The maximum absolute atomic E-state index is 11.1. The van der Waals surface area contributed by atoms with Crippen molar-refractivity contribution in [2.24, 2.45) is 5.84 Å². The number of nitrogens with two attached hydrogens (primary N) is 1. The molecule has 0 spiro atoms. The fraction of sp³-hybridized carbons (Fsp3) is 0.462. The summed E-state index contributed by atoms with van der Waals surface area (Å²) < 4.78 is 0. The number of carbonyl (C=O) groups excluding carboxylic acids is 1. The van der Waals surface area contributed by atoms with Crippen LogP contribution in [-0.2, 0) is 11.3 Å². The molecule has 0 aliphatic heterocycles. The summed E-state index contributed by atoms with van der Waals surface area (Å²) in [7, 11) is 2.02. The minimum absolute atomic E-state index is 0.131. The van der Waals surface area contributed by atoms with Crippen LogP contribution in [0.2, 0.25) is 5.02 Å². The average molecular weight is 270 g/mol. The largest absolute Gasteiger partial charge is 0.299 e. The topological polar surface area (TPSA) is 58.4 Å². The molecular weight excluding hydrogens is 250 g/mol. The smallest absolute Gasteiger partial charge is 0.233 e. The standard InChI is InChI=1S/C13H20ClN3O/c1-10(7-8-13(18)16-15)17(2)9-11-5-3-4-6-12(11)14/h3-6,10H,7-9,15H2,1-2H3,(H,16,18). The molecule has 1 aromatic rings. The molecule has 1 atom stereocenters. The van der Waals surface area contributed by atoms with Crippen LogP contribution in [0.5, 0.6) is 0 Å². The third-order valence-corrected chi connectivity index (χ3v) is 3.45. The van der Waals surface area contributed by atoms with Gasteiger partial charge in [-0.15, -0.1) is 0 Å². The zero-order valence-corrected chi connectivity index (χ0v) is 11.6. The quantitative estimate of drug-likeness (QED) is 0.471. The number of carbonyl (C=O) groups is 1. The number of rotatable bonds is 6. The van der Waals surface area contributed by atoms with E-state index >= 15 is 0 Å². The maximum Gasteiger partial charge on any atom is 0.233 e. The molecule has 1 amide bonds. The highest BCUT2D eigenvalue weighted by Gasteiger charge is 2.12. The molecule has 5 heteroatoms. The molecular formula is C13H20ClN3O. The lowest BCUT2D eigenvalue weighted by Gasteiger charge is -2.24. The lowest BCUT2D eigenvalue weighted by molar-refractivity contribution is -0.121. The van der Waals surface area contributed by atoms with E-state index in [1.54, 1.807) is 0 Å². The van der Waals surface area contributed by atoms with Gasteiger partial charge in [0, 0.05) is 24.0 Å². The van der Waals surface area contributed by atoms with Crippen molar-refractivity contribution < 1.29 is 4.79 Å². The molecule has 0 bridgehead atoms. The minimum atomic E-state index is -0.131. The van der Waals surface area contributed by atoms with E-state index in [1.807, 2.05) is 31.3 Å². The Morgan fingerprint density at radius 1 is 1.50 bits per heavy atom. The third kappa shape index (κ3) is 4.64. The first-order chi connectivity index (χ1) is 8.54. The van der Waals surface area contributed by atoms with Gasteiger partial charge in [0.25, 0.3) is 0 Å². The Morgan fingerprint density at radius 3 is 2.78 bits per heavy atom. The number of nitrogens with zero attached hydrogens (tertiary/aromatic N) is 1. The van der Waals surface area contributed by atoms with Gasteiger partial charge in [-0.1, -0.05) is 29.8 Å². The number of hydrogen-bond donors (Lipinski definition) is 2. The van der Waals surface area contributed by atoms with Crippen LogP contribution < -0.4 is 11.3 Å². The lowest BCUT2D eigenvalue weighted by Crippen LogP contribution is -2.33. The summed E-state index contributed by atoms with van der Waals surface area (Å²) in [5, 5.41) is 0.774. The van der Waals surface area contributed by atoms with Gasteiger partial charge in [-0.05, 0) is 32.0 Å². The van der Waals surface area contributed by atoms with E-state index < -0.39 is 0 Å². The molecule has 4 nitrogen and oxygen atoms in total. The lowest BCUT2D eigenvalue weighted by atomic mass is 10.1. The summed E-state index contributed by atoms with van der Waals surface area (Å²) >= 11 is 6.12. The monoisotopic (exact) mass is 269 g/mol. The summed E-state index contributed by atoms with van der Waals surface area (Å²) in [6, 6.07) is 8.08. The number of benzene rings is 1. The first kappa shape index (κ1) is 15.0. The van der Waals surface area contributed by atoms with Crippen molar-refractivity contribution in [2.75, 3.05) is 7.05 Å². The van der Waals surface area contributed by atoms with Gasteiger partial charge in [0.15, 0.2) is 0 Å². The second-order valence-electron chi connectivity index (χ2n) is 4.46. The SMILES string of the molecule is CC(CCC(=O)NN)N(C)Cc1ccccc1Cl. The van der Waals surface area contributed by atoms with E-state index in [1.165, 1.54) is 0 Å². The van der Waals surface area contributed by atoms with Crippen molar-refractivity contribution in [1.82, 2.24) is 10.3 Å². The Kier molecular flexibility index (Phi) is 6.12. The maximum atomic E-state index is 11.1. The van der Waals surface area contributed by atoms with Crippen LogP contribution in [-0.4, -0.2) is 23.9 Å². The van der Waals surface area contributed by atoms with Gasteiger partial charge in [-0.3, -0.25) is 15.1 Å². The van der Waals surface area contributed by atoms with Gasteiger partial charge >= 0.3 is 0 Å². The highest BCUT2D eigenvalue weighted by Crippen LogP contribution is 2.18. The zero-order valence-electron chi connectivity index (χ0n) is 10.8. The molecule has 100 valence electrons. The van der Waals surface area contributed by atoms with Crippen LogP contribution >= 0.6 is 11.6 Å². The van der Waals surface area contributed by atoms with Crippen LogP contribution in [0.3, 0.4) is 0 Å². The molecule has 0 saturated carbocycles. The summed E-state index contributed by atoms with van der Waals surface area (Å²) in [6.07, 6.45) is 1.20. The highest BCUT2D eigenvalue weighted by atomic mass is 35.5. The Balaban J connectivity index is 2.47. The van der Waals surface area contributed by atoms with E-state index in [2.05, 4.69) is 17.2 Å². The van der Waals surface area contributed by atoms with Gasteiger partial charge in [0.05, 0.1) is 0 Å². The highest BCUT2D eigenvalue weighted by molar-refractivity contribution is 6.31. The zero-order chi connectivity index (χ0) is 13.5. The second kappa shape index (κ2) is 7.36. The molecule has 18 heavy (non-hydrogen) atoms. The van der Waals surface area contributed by atoms with Crippen LogP contribution in [0.1, 0.15) is 25.3 Å². The molecule has 1 rings (SSSR count). The number of amides is 1. The summed E-state index contributed by atoms with van der Waals surface area (Å²) in [4.78, 5) is 13.2. The van der Waals surface area contributed by atoms with Crippen LogP contribution in [0.25, 0.3) is 0 Å². The molecule has 0 aliphatic rings. The molecule has 0 aliphatic carbocycles. The third-order valence-electron chi connectivity index (χ3n) is 3.08. The van der Waals surface area contributed by atoms with Crippen molar-refractivity contribution >= 4 is 17.5 Å². The Hall–Kier alpha value is -1.10. The second-order valence-corrected chi connectivity index (χ2v) is 4.87. The van der Waals surface area contributed by atoms with E-state index in [0.29, 0.717) is 12.5 Å². The number of nitrogens with one attached hydrogen (secondary N) is 1. The first-order valence-electron chi connectivity index (χ1n) is 5.97.